The predicted molar refractivity (Wildman–Crippen MR) is 77.2 cm³/mol. The lowest BCUT2D eigenvalue weighted by atomic mass is 9.84. The van der Waals surface area contributed by atoms with E-state index in [2.05, 4.69) is 11.6 Å². The average molecular weight is 297 g/mol. The lowest BCUT2D eigenvalue weighted by molar-refractivity contribution is -0.136. The zero-order chi connectivity index (χ0) is 14.8. The van der Waals surface area contributed by atoms with E-state index in [-0.39, 0.29) is 22.8 Å². The van der Waals surface area contributed by atoms with Gasteiger partial charge in [0.15, 0.2) is 0 Å². The van der Waals surface area contributed by atoms with Crippen molar-refractivity contribution in [2.45, 2.75) is 37.4 Å². The number of furan rings is 1. The molecule has 0 aromatic carbocycles. The van der Waals surface area contributed by atoms with E-state index in [1.54, 1.807) is 18.7 Å². The first-order chi connectivity index (χ1) is 9.47. The fraction of sp³-hybridized carbons (Fsp3) is 0.571. The van der Waals surface area contributed by atoms with Gasteiger partial charge in [-0.1, -0.05) is 6.42 Å². The molecule has 0 radical (unpaired) electrons. The van der Waals surface area contributed by atoms with Gasteiger partial charge in [-0.05, 0) is 26.0 Å². The Morgan fingerprint density at radius 2 is 2.20 bits per heavy atom. The summed E-state index contributed by atoms with van der Waals surface area (Å²) in [6, 6.07) is 0. The molecule has 0 bridgehead atoms. The van der Waals surface area contributed by atoms with Crippen molar-refractivity contribution >= 4 is 23.6 Å². The molecule has 2 rings (SSSR count). The van der Waals surface area contributed by atoms with Crippen molar-refractivity contribution in [2.75, 3.05) is 12.8 Å². The van der Waals surface area contributed by atoms with Crippen LogP contribution in [0.5, 0.6) is 0 Å². The van der Waals surface area contributed by atoms with Gasteiger partial charge in [0.1, 0.15) is 12.2 Å². The molecule has 20 heavy (non-hydrogen) atoms. The number of amides is 1. The number of carboxylic acids is 1. The maximum atomic E-state index is 12.3. The van der Waals surface area contributed by atoms with E-state index < -0.39 is 5.97 Å². The Labute approximate surface area is 122 Å². The minimum absolute atomic E-state index is 0.153. The summed E-state index contributed by atoms with van der Waals surface area (Å²) in [7, 11) is 0. The average Bonchev–Trinajstić information content (AvgIpc) is 2.68. The molecule has 110 valence electrons. The number of nitrogens with one attached hydrogen (secondary N) is 1. The van der Waals surface area contributed by atoms with Crippen LogP contribution in [0.25, 0.3) is 0 Å². The standard InChI is InChI=1S/C14H19NO4S/c1-9-7-19-10(6-11(16)17)12(9)13(18)15-8-14(20-2)4-3-5-14/h7H,3-6,8H2,1-2H3,(H,15,18)(H,16,17). The Bertz CT molecular complexity index is 514. The van der Waals surface area contributed by atoms with Gasteiger partial charge in [0, 0.05) is 16.9 Å². The summed E-state index contributed by atoms with van der Waals surface area (Å²) in [6.45, 7) is 2.36. The molecule has 0 aliphatic heterocycles. The third-order valence-electron chi connectivity index (χ3n) is 3.86. The Morgan fingerprint density at radius 3 is 2.70 bits per heavy atom. The number of carbonyl (C=O) groups excluding carboxylic acids is 1. The highest BCUT2D eigenvalue weighted by Crippen LogP contribution is 2.42. The molecule has 5 nitrogen and oxygen atoms in total. The summed E-state index contributed by atoms with van der Waals surface area (Å²) < 4.78 is 5.33. The number of carboxylic acid groups (broad SMARTS) is 1. The number of thioether (sulfide) groups is 1. The molecule has 0 atom stereocenters. The first-order valence-electron chi connectivity index (χ1n) is 6.59. The van der Waals surface area contributed by atoms with Crippen molar-refractivity contribution in [1.29, 1.82) is 0 Å². The third-order valence-corrected chi connectivity index (χ3v) is 5.28. The number of hydrogen-bond acceptors (Lipinski definition) is 4. The number of hydrogen-bond donors (Lipinski definition) is 2. The van der Waals surface area contributed by atoms with Gasteiger partial charge in [0.05, 0.1) is 11.8 Å². The predicted octanol–water partition coefficient (Wildman–Crippen LogP) is 2.23. The van der Waals surface area contributed by atoms with Crippen molar-refractivity contribution in [3.8, 4) is 0 Å². The SMILES string of the molecule is CSC1(CNC(=O)c2c(C)coc2CC(=O)O)CCC1. The van der Waals surface area contributed by atoms with Crippen molar-refractivity contribution in [3.05, 3.63) is 23.2 Å². The van der Waals surface area contributed by atoms with Gasteiger partial charge >= 0.3 is 5.97 Å². The van der Waals surface area contributed by atoms with Crippen LogP contribution < -0.4 is 5.32 Å². The van der Waals surface area contributed by atoms with E-state index in [9.17, 15) is 9.59 Å². The van der Waals surface area contributed by atoms with Crippen LogP contribution in [-0.2, 0) is 11.2 Å². The van der Waals surface area contributed by atoms with E-state index in [0.717, 1.165) is 12.8 Å². The molecule has 1 fully saturated rings. The largest absolute Gasteiger partial charge is 0.481 e. The second-order valence-corrected chi connectivity index (χ2v) is 6.49. The minimum atomic E-state index is -1.01. The zero-order valence-corrected chi connectivity index (χ0v) is 12.5. The van der Waals surface area contributed by atoms with Gasteiger partial charge in [-0.15, -0.1) is 0 Å². The molecular formula is C14H19NO4S. The lowest BCUT2D eigenvalue weighted by Crippen LogP contribution is -2.45. The molecule has 1 saturated carbocycles. The van der Waals surface area contributed by atoms with Crippen molar-refractivity contribution in [1.82, 2.24) is 5.32 Å². The van der Waals surface area contributed by atoms with Crippen molar-refractivity contribution in [3.63, 3.8) is 0 Å². The van der Waals surface area contributed by atoms with Crippen molar-refractivity contribution in [2.24, 2.45) is 0 Å². The van der Waals surface area contributed by atoms with E-state index in [1.165, 1.54) is 12.7 Å². The fourth-order valence-electron chi connectivity index (χ4n) is 2.42. The van der Waals surface area contributed by atoms with Gasteiger partial charge in [-0.2, -0.15) is 11.8 Å². The summed E-state index contributed by atoms with van der Waals surface area (Å²) in [6.07, 6.45) is 6.64. The van der Waals surface area contributed by atoms with Crippen LogP contribution in [0.1, 0.15) is 40.9 Å². The smallest absolute Gasteiger partial charge is 0.311 e. The molecule has 1 aromatic rings. The second-order valence-electron chi connectivity index (χ2n) is 5.21. The molecule has 1 amide bonds. The van der Waals surface area contributed by atoms with Crippen LogP contribution in [0, 0.1) is 6.92 Å². The number of aliphatic carboxylic acids is 1. The molecule has 1 heterocycles. The molecule has 0 saturated heterocycles. The molecule has 6 heteroatoms. The van der Waals surface area contributed by atoms with Gasteiger partial charge in [0.2, 0.25) is 0 Å². The molecule has 0 unspecified atom stereocenters. The molecule has 2 N–H and O–H groups in total. The first kappa shape index (κ1) is 15.0. The molecule has 1 aliphatic rings. The quantitative estimate of drug-likeness (QED) is 0.841. The Morgan fingerprint density at radius 1 is 1.50 bits per heavy atom. The third kappa shape index (κ3) is 3.00. The normalized spacial score (nSPS) is 16.5. The van der Waals surface area contributed by atoms with Crippen LogP contribution in [0.15, 0.2) is 10.7 Å². The van der Waals surface area contributed by atoms with Gasteiger partial charge in [-0.3, -0.25) is 9.59 Å². The molecule has 0 spiro atoms. The van der Waals surface area contributed by atoms with E-state index in [4.69, 9.17) is 9.52 Å². The van der Waals surface area contributed by atoms with Crippen LogP contribution >= 0.6 is 11.8 Å². The summed E-state index contributed by atoms with van der Waals surface area (Å²) in [5.41, 5.74) is 1.04. The second kappa shape index (κ2) is 5.91. The molecular weight excluding hydrogens is 278 g/mol. The highest BCUT2D eigenvalue weighted by molar-refractivity contribution is 8.00. The highest BCUT2D eigenvalue weighted by atomic mass is 32.2. The summed E-state index contributed by atoms with van der Waals surface area (Å²) in [5.74, 6) is -1.03. The lowest BCUT2D eigenvalue weighted by Gasteiger charge is -2.40. The maximum absolute atomic E-state index is 12.3. The highest BCUT2D eigenvalue weighted by Gasteiger charge is 2.36. The van der Waals surface area contributed by atoms with Gasteiger partial charge < -0.3 is 14.8 Å². The topological polar surface area (TPSA) is 79.5 Å². The fourth-order valence-corrected chi connectivity index (χ4v) is 3.34. The van der Waals surface area contributed by atoms with Crippen LogP contribution in [0.3, 0.4) is 0 Å². The Kier molecular flexibility index (Phi) is 4.42. The van der Waals surface area contributed by atoms with Gasteiger partial charge in [0.25, 0.3) is 5.91 Å². The van der Waals surface area contributed by atoms with Crippen LogP contribution in [0.4, 0.5) is 0 Å². The maximum Gasteiger partial charge on any atom is 0.311 e. The Hall–Kier alpha value is -1.43. The number of carbonyl (C=O) groups is 2. The van der Waals surface area contributed by atoms with E-state index in [0.29, 0.717) is 17.7 Å². The summed E-state index contributed by atoms with van der Waals surface area (Å²) in [4.78, 5) is 23.0. The van der Waals surface area contributed by atoms with Crippen LogP contribution in [-0.4, -0.2) is 34.5 Å². The number of rotatable bonds is 6. The number of aryl methyl sites for hydroxylation is 1. The summed E-state index contributed by atoms with van der Waals surface area (Å²) >= 11 is 1.79. The first-order valence-corrected chi connectivity index (χ1v) is 7.82. The van der Waals surface area contributed by atoms with E-state index in [1.807, 2.05) is 0 Å². The minimum Gasteiger partial charge on any atom is -0.481 e. The van der Waals surface area contributed by atoms with Gasteiger partial charge in [-0.25, -0.2) is 0 Å². The Balaban J connectivity index is 2.05. The molecule has 1 aromatic heterocycles. The monoisotopic (exact) mass is 297 g/mol. The summed E-state index contributed by atoms with van der Waals surface area (Å²) in [5, 5.41) is 11.8. The van der Waals surface area contributed by atoms with Crippen molar-refractivity contribution < 1.29 is 19.1 Å². The van der Waals surface area contributed by atoms with Crippen LogP contribution in [0.2, 0.25) is 0 Å². The zero-order valence-electron chi connectivity index (χ0n) is 11.7. The molecule has 1 aliphatic carbocycles. The van der Waals surface area contributed by atoms with E-state index >= 15 is 0 Å².